The average molecular weight is 349 g/mol. The maximum Gasteiger partial charge on any atom is 0.331 e. The highest BCUT2D eigenvalue weighted by Crippen LogP contribution is 2.27. The van der Waals surface area contributed by atoms with Gasteiger partial charge in [0.15, 0.2) is 6.04 Å². The lowest BCUT2D eigenvalue weighted by Gasteiger charge is -2.23. The molecule has 0 radical (unpaired) electrons. The zero-order valence-corrected chi connectivity index (χ0v) is 12.8. The van der Waals surface area contributed by atoms with E-state index >= 15 is 0 Å². The summed E-state index contributed by atoms with van der Waals surface area (Å²) < 4.78 is 11.2. The highest BCUT2D eigenvalue weighted by atomic mass is 79.9. The smallest absolute Gasteiger partial charge is 0.331 e. The van der Waals surface area contributed by atoms with E-state index in [1.165, 1.54) is 7.11 Å². The van der Waals surface area contributed by atoms with E-state index in [2.05, 4.69) is 21.2 Å². The van der Waals surface area contributed by atoms with Crippen molar-refractivity contribution in [2.75, 3.05) is 19.0 Å². The first-order valence-corrected chi connectivity index (χ1v) is 7.20. The van der Waals surface area contributed by atoms with Gasteiger partial charge < -0.3 is 14.8 Å². The molecule has 1 aromatic rings. The first-order valence-electron chi connectivity index (χ1n) is 6.03. The largest absolute Gasteiger partial charge is 0.467 e. The van der Waals surface area contributed by atoms with E-state index in [1.54, 1.807) is 6.07 Å². The van der Waals surface area contributed by atoms with Gasteiger partial charge in [-0.1, -0.05) is 11.6 Å². The lowest BCUT2D eigenvalue weighted by molar-refractivity contribution is -0.144. The normalized spacial score (nSPS) is 20.1. The minimum absolute atomic E-state index is 0.151. The number of ether oxygens (including phenoxy) is 2. The van der Waals surface area contributed by atoms with Crippen molar-refractivity contribution in [1.82, 2.24) is 0 Å². The van der Waals surface area contributed by atoms with Crippen molar-refractivity contribution < 1.29 is 14.3 Å². The third-order valence-electron chi connectivity index (χ3n) is 3.03. The van der Waals surface area contributed by atoms with Gasteiger partial charge in [0, 0.05) is 16.8 Å². The van der Waals surface area contributed by atoms with E-state index in [4.69, 9.17) is 21.1 Å². The summed E-state index contributed by atoms with van der Waals surface area (Å²) in [5.74, 6) is -0.321. The number of halogens is 2. The van der Waals surface area contributed by atoms with E-state index in [9.17, 15) is 4.79 Å². The quantitative estimate of drug-likeness (QED) is 0.849. The van der Waals surface area contributed by atoms with Crippen molar-refractivity contribution in [2.45, 2.75) is 25.0 Å². The van der Waals surface area contributed by atoms with E-state index < -0.39 is 6.04 Å². The van der Waals surface area contributed by atoms with Crippen LogP contribution in [-0.2, 0) is 14.3 Å². The first-order chi connectivity index (χ1) is 9.11. The van der Waals surface area contributed by atoms with Gasteiger partial charge in [0.2, 0.25) is 0 Å². The molecule has 1 aromatic carbocycles. The summed E-state index contributed by atoms with van der Waals surface area (Å²) in [6.07, 6.45) is 1.66. The monoisotopic (exact) mass is 347 g/mol. The molecule has 0 bridgehead atoms. The lowest BCUT2D eigenvalue weighted by atomic mass is 10.1. The molecule has 104 valence electrons. The van der Waals surface area contributed by atoms with Crippen LogP contribution in [0.15, 0.2) is 22.7 Å². The number of hydrogen-bond acceptors (Lipinski definition) is 4. The second kappa shape index (κ2) is 6.59. The van der Waals surface area contributed by atoms with Crippen LogP contribution in [0.25, 0.3) is 0 Å². The van der Waals surface area contributed by atoms with Gasteiger partial charge in [-0.15, -0.1) is 0 Å². The number of benzene rings is 1. The molecular weight excluding hydrogens is 334 g/mol. The fraction of sp³-hybridized carbons (Fsp3) is 0.462. The molecule has 0 aliphatic carbocycles. The third-order valence-corrected chi connectivity index (χ3v) is 4.25. The highest BCUT2D eigenvalue weighted by Gasteiger charge is 2.32. The van der Waals surface area contributed by atoms with Crippen LogP contribution in [0.4, 0.5) is 5.69 Å². The van der Waals surface area contributed by atoms with E-state index in [0.717, 1.165) is 23.0 Å². The Labute approximate surface area is 125 Å². The topological polar surface area (TPSA) is 47.6 Å². The zero-order chi connectivity index (χ0) is 13.8. The van der Waals surface area contributed by atoms with Gasteiger partial charge in [-0.25, -0.2) is 4.79 Å². The number of nitrogens with one attached hydrogen (secondary N) is 1. The number of esters is 1. The molecule has 1 aliphatic rings. The fourth-order valence-corrected chi connectivity index (χ4v) is 2.56. The Bertz CT molecular complexity index is 463. The molecule has 6 heteroatoms. The summed E-state index contributed by atoms with van der Waals surface area (Å²) in [5, 5.41) is 3.77. The Balaban J connectivity index is 2.14. The predicted molar refractivity (Wildman–Crippen MR) is 77.6 cm³/mol. The Kier molecular flexibility index (Phi) is 5.07. The van der Waals surface area contributed by atoms with Gasteiger partial charge in [0.25, 0.3) is 0 Å². The van der Waals surface area contributed by atoms with Crippen molar-refractivity contribution in [3.8, 4) is 0 Å². The van der Waals surface area contributed by atoms with Crippen molar-refractivity contribution in [3.63, 3.8) is 0 Å². The van der Waals surface area contributed by atoms with Crippen LogP contribution in [0.1, 0.15) is 12.8 Å². The van der Waals surface area contributed by atoms with Crippen molar-refractivity contribution in [2.24, 2.45) is 0 Å². The third kappa shape index (κ3) is 3.61. The molecular formula is C13H15BrClNO3. The second-order valence-electron chi connectivity index (χ2n) is 4.33. The average Bonchev–Trinajstić information content (AvgIpc) is 2.93. The van der Waals surface area contributed by atoms with Crippen LogP contribution in [0.2, 0.25) is 5.02 Å². The molecule has 1 aliphatic heterocycles. The van der Waals surface area contributed by atoms with Crippen LogP contribution in [0.3, 0.4) is 0 Å². The predicted octanol–water partition coefficient (Wildman–Crippen LogP) is 3.24. The molecule has 0 spiro atoms. The van der Waals surface area contributed by atoms with Crippen LogP contribution in [-0.4, -0.2) is 31.8 Å². The number of carbonyl (C=O) groups is 1. The molecule has 0 amide bonds. The summed E-state index contributed by atoms with van der Waals surface area (Å²) >= 11 is 9.30. The van der Waals surface area contributed by atoms with E-state index in [0.29, 0.717) is 11.6 Å². The summed E-state index contributed by atoms with van der Waals surface area (Å²) in [5.41, 5.74) is 0.794. The van der Waals surface area contributed by atoms with Gasteiger partial charge in [0.05, 0.1) is 18.2 Å². The summed E-state index contributed by atoms with van der Waals surface area (Å²) in [4.78, 5) is 11.9. The molecule has 1 saturated heterocycles. The molecule has 0 aromatic heterocycles. The first kappa shape index (κ1) is 14.6. The molecule has 2 rings (SSSR count). The van der Waals surface area contributed by atoms with Crippen LogP contribution < -0.4 is 5.32 Å². The molecule has 2 unspecified atom stereocenters. The standard InChI is InChI=1S/C13H15BrClNO3/c1-18-13(17)12(11-3-2-6-19-11)16-8-4-5-10(15)9(14)7-8/h4-5,7,11-12,16H,2-3,6H2,1H3. The molecule has 1 fully saturated rings. The lowest BCUT2D eigenvalue weighted by Crippen LogP contribution is -2.41. The van der Waals surface area contributed by atoms with E-state index in [-0.39, 0.29) is 12.1 Å². The molecule has 4 nitrogen and oxygen atoms in total. The maximum absolute atomic E-state index is 11.9. The van der Waals surface area contributed by atoms with Gasteiger partial charge in [-0.2, -0.15) is 0 Å². The van der Waals surface area contributed by atoms with Gasteiger partial charge >= 0.3 is 5.97 Å². The van der Waals surface area contributed by atoms with Crippen molar-refractivity contribution >= 4 is 39.2 Å². The molecule has 1 N–H and O–H groups in total. The minimum atomic E-state index is -0.499. The number of anilines is 1. The molecule has 2 atom stereocenters. The van der Waals surface area contributed by atoms with Crippen molar-refractivity contribution in [3.05, 3.63) is 27.7 Å². The highest BCUT2D eigenvalue weighted by molar-refractivity contribution is 9.10. The van der Waals surface area contributed by atoms with Crippen LogP contribution >= 0.6 is 27.5 Å². The van der Waals surface area contributed by atoms with Gasteiger partial charge in [0.1, 0.15) is 0 Å². The van der Waals surface area contributed by atoms with Crippen LogP contribution in [0, 0.1) is 0 Å². The molecule has 19 heavy (non-hydrogen) atoms. The fourth-order valence-electron chi connectivity index (χ4n) is 2.06. The summed E-state index contributed by atoms with van der Waals surface area (Å²) in [6, 6.07) is 4.91. The second-order valence-corrected chi connectivity index (χ2v) is 5.59. The Morgan fingerprint density at radius 3 is 3.00 bits per heavy atom. The minimum Gasteiger partial charge on any atom is -0.467 e. The zero-order valence-electron chi connectivity index (χ0n) is 10.5. The van der Waals surface area contributed by atoms with Crippen molar-refractivity contribution in [1.29, 1.82) is 0 Å². The Hall–Kier alpha value is -0.780. The van der Waals surface area contributed by atoms with Gasteiger partial charge in [-0.3, -0.25) is 0 Å². The summed E-state index contributed by atoms with van der Waals surface area (Å²) in [7, 11) is 1.38. The molecule has 0 saturated carbocycles. The SMILES string of the molecule is COC(=O)C(Nc1ccc(Cl)c(Br)c1)C1CCCO1. The molecule has 1 heterocycles. The maximum atomic E-state index is 11.9. The Morgan fingerprint density at radius 1 is 1.63 bits per heavy atom. The number of hydrogen-bond donors (Lipinski definition) is 1. The van der Waals surface area contributed by atoms with Gasteiger partial charge in [-0.05, 0) is 47.0 Å². The van der Waals surface area contributed by atoms with Crippen LogP contribution in [0.5, 0.6) is 0 Å². The summed E-state index contributed by atoms with van der Waals surface area (Å²) in [6.45, 7) is 0.685. The number of methoxy groups -OCH3 is 1. The van der Waals surface area contributed by atoms with E-state index in [1.807, 2.05) is 12.1 Å². The Morgan fingerprint density at radius 2 is 2.42 bits per heavy atom. The number of rotatable bonds is 4. The number of carbonyl (C=O) groups excluding carboxylic acids is 1.